The maximum Gasteiger partial charge on any atom is 0.377 e. The number of ether oxygens (including phenoxy) is 1. The number of hydrogen-bond donors (Lipinski definition) is 0. The summed E-state index contributed by atoms with van der Waals surface area (Å²) < 4.78 is 302. The van der Waals surface area contributed by atoms with Crippen LogP contribution in [-0.2, 0) is 6.54 Å². The number of alkyl halides is 1. The van der Waals surface area contributed by atoms with Gasteiger partial charge in [-0.05, 0) is 11.5 Å². The molecule has 0 aliphatic rings. The largest absolute Gasteiger partial charge is 0.428 e. The fourth-order valence-electron chi connectivity index (χ4n) is 7.22. The van der Waals surface area contributed by atoms with E-state index >= 15 is 35.1 Å². The normalized spacial score (nSPS) is 11.6. The van der Waals surface area contributed by atoms with E-state index in [4.69, 9.17) is 16.3 Å². The van der Waals surface area contributed by atoms with Crippen molar-refractivity contribution >= 4 is 50.4 Å². The molecule has 1 heterocycles. The van der Waals surface area contributed by atoms with Crippen molar-refractivity contribution < 1.29 is 97.1 Å². The molecular weight excluding hydrogens is 949 g/mol. The van der Waals surface area contributed by atoms with Crippen molar-refractivity contribution in [2.45, 2.75) is 6.54 Å². The zero-order valence-corrected chi connectivity index (χ0v) is 31.9. The molecule has 65 heavy (non-hydrogen) atoms. The van der Waals surface area contributed by atoms with Gasteiger partial charge in [0.15, 0.2) is 88.6 Å². The summed E-state index contributed by atoms with van der Waals surface area (Å²) in [6.07, 6.45) is -5.18. The monoisotopic (exact) mass is 963 g/mol. The van der Waals surface area contributed by atoms with Crippen LogP contribution in [0.3, 0.4) is 0 Å². The second-order valence-corrected chi connectivity index (χ2v) is 13.6. The molecule has 2 nitrogen and oxygen atoms in total. The average molecular weight is 964 g/mol. The van der Waals surface area contributed by atoms with Crippen LogP contribution in [0.4, 0.5) is 87.8 Å². The molecule has 7 rings (SSSR count). The van der Waals surface area contributed by atoms with Crippen molar-refractivity contribution in [1.29, 1.82) is 0 Å². The first-order valence-corrected chi connectivity index (χ1v) is 18.0. The van der Waals surface area contributed by atoms with Crippen molar-refractivity contribution in [2.75, 3.05) is 6.07 Å². The topological polar surface area (TPSA) is 13.1 Å². The van der Waals surface area contributed by atoms with E-state index in [-0.39, 0.29) is 6.07 Å². The maximum absolute atomic E-state index is 15.4. The lowest BCUT2D eigenvalue weighted by Gasteiger charge is -2.44. The Balaban J connectivity index is 0.000000289. The molecule has 0 aliphatic heterocycles. The van der Waals surface area contributed by atoms with Gasteiger partial charge < -0.3 is 4.74 Å². The van der Waals surface area contributed by atoms with Gasteiger partial charge in [0.2, 0.25) is 0 Å². The third-order valence-corrected chi connectivity index (χ3v) is 10.1. The Morgan fingerprint density at radius 3 is 0.985 bits per heavy atom. The van der Waals surface area contributed by atoms with Crippen LogP contribution < -0.4 is 31.2 Å². The summed E-state index contributed by atoms with van der Waals surface area (Å²) >= 11 is 5.78. The van der Waals surface area contributed by atoms with Crippen LogP contribution >= 0.6 is 11.6 Å². The van der Waals surface area contributed by atoms with E-state index < -0.39 is 144 Å². The predicted octanol–water partition coefficient (Wildman–Crippen LogP) is 9.60. The predicted molar refractivity (Wildman–Crippen MR) is 190 cm³/mol. The first-order chi connectivity index (χ1) is 30.6. The summed E-state index contributed by atoms with van der Waals surface area (Å²) in [6, 6.07) is 20.7. The third-order valence-electron chi connectivity index (χ3n) is 9.98. The van der Waals surface area contributed by atoms with Crippen molar-refractivity contribution in [2.24, 2.45) is 0 Å². The lowest BCUT2D eigenvalue weighted by Crippen LogP contribution is -2.81. The molecule has 0 bridgehead atoms. The van der Waals surface area contributed by atoms with E-state index in [1.807, 2.05) is 36.5 Å². The van der Waals surface area contributed by atoms with E-state index in [0.717, 1.165) is 23.2 Å². The average Bonchev–Trinajstić information content (AvgIpc) is 3.30. The van der Waals surface area contributed by atoms with Crippen LogP contribution in [0.15, 0.2) is 66.9 Å². The van der Waals surface area contributed by atoms with Gasteiger partial charge in [-0.25, -0.2) is 87.8 Å². The Labute approximate surface area is 354 Å². The molecule has 7 aromatic rings. The number of rotatable bonds is 8. The highest BCUT2D eigenvalue weighted by Crippen LogP contribution is 2.31. The first kappa shape index (κ1) is 48.0. The third kappa shape index (κ3) is 7.61. The zero-order chi connectivity index (χ0) is 48.1. The molecule has 0 spiro atoms. The molecule has 340 valence electrons. The molecular formula is C41H15BClF20NO. The molecule has 0 N–H and O–H groups in total. The highest BCUT2D eigenvalue weighted by molar-refractivity contribution is 7.20. The van der Waals surface area contributed by atoms with Gasteiger partial charge in [-0.2, -0.15) is 4.57 Å². The summed E-state index contributed by atoms with van der Waals surface area (Å²) in [4.78, 5) is 0. The van der Waals surface area contributed by atoms with Gasteiger partial charge in [0.25, 0.3) is 0 Å². The number of halogens is 21. The van der Waals surface area contributed by atoms with E-state index in [9.17, 15) is 52.7 Å². The Bertz CT molecular complexity index is 2660. The molecule has 0 saturated heterocycles. The van der Waals surface area contributed by atoms with Crippen molar-refractivity contribution in [3.05, 3.63) is 189 Å². The molecule has 0 amide bonds. The second-order valence-electron chi connectivity index (χ2n) is 13.4. The van der Waals surface area contributed by atoms with Crippen LogP contribution in [0.5, 0.6) is 5.88 Å². The maximum atomic E-state index is 15.4. The molecule has 0 fully saturated rings. The minimum absolute atomic E-state index is 0.142. The zero-order valence-electron chi connectivity index (χ0n) is 31.1. The highest BCUT2D eigenvalue weighted by Gasteiger charge is 2.52. The lowest BCUT2D eigenvalue weighted by atomic mass is 9.12. The van der Waals surface area contributed by atoms with Crippen molar-refractivity contribution in [3.8, 4) is 5.88 Å². The van der Waals surface area contributed by atoms with Crippen molar-refractivity contribution in [3.63, 3.8) is 0 Å². The van der Waals surface area contributed by atoms with Gasteiger partial charge in [0.1, 0.15) is 52.7 Å². The number of hydrogen-bond acceptors (Lipinski definition) is 1. The van der Waals surface area contributed by atoms with Gasteiger partial charge in [-0.3, -0.25) is 0 Å². The summed E-state index contributed by atoms with van der Waals surface area (Å²) in [5, 5.41) is 2.23. The lowest BCUT2D eigenvalue weighted by molar-refractivity contribution is -0.691. The molecule has 1 aromatic heterocycles. The smallest absolute Gasteiger partial charge is 0.377 e. The number of pyridine rings is 1. The minimum atomic E-state index is -7.22. The van der Waals surface area contributed by atoms with E-state index in [1.54, 1.807) is 0 Å². The Kier molecular flexibility index (Phi) is 13.4. The van der Waals surface area contributed by atoms with E-state index in [0.29, 0.717) is 0 Å². The van der Waals surface area contributed by atoms with Crippen LogP contribution in [-0.4, -0.2) is 12.2 Å². The minimum Gasteiger partial charge on any atom is -0.428 e. The quantitative estimate of drug-likeness (QED) is 0.0370. The molecule has 24 heteroatoms. The van der Waals surface area contributed by atoms with Crippen LogP contribution in [0, 0.1) is 116 Å². The van der Waals surface area contributed by atoms with Crippen LogP contribution in [0.25, 0.3) is 10.8 Å². The van der Waals surface area contributed by atoms with E-state index in [1.165, 1.54) is 5.56 Å². The van der Waals surface area contributed by atoms with Gasteiger partial charge in [0, 0.05) is 11.6 Å². The summed E-state index contributed by atoms with van der Waals surface area (Å²) in [5.41, 5.74) is -13.1. The number of fused-ring (bicyclic) bond motifs is 1. The molecule has 0 radical (unpaired) electrons. The standard InChI is InChI=1S/C24BF20.C17H15ClNO/c26-5-1(6(27)14(35)21(42)13(5)34)25(2-7(28)15(36)22(43)16(37)8(2)29,3-9(30)17(38)23(44)18(39)10(3)31)4-11(32)19(40)24(45)20(41)12(4)33;18-13-20-17-16-9-5-4-8-15(16)10-11-19(17)12-14-6-2-1-3-7-14/h;1-11H,12-13H2/q-1;+1. The number of aromatic nitrogens is 1. The molecule has 0 unspecified atom stereocenters. The summed E-state index contributed by atoms with van der Waals surface area (Å²) in [5.74, 6) is -70.6. The molecule has 0 aliphatic carbocycles. The molecule has 0 atom stereocenters. The fraction of sp³-hybridized carbons (Fsp3) is 0.0488. The Morgan fingerprint density at radius 2 is 0.662 bits per heavy atom. The number of benzene rings is 6. The Morgan fingerprint density at radius 1 is 0.369 bits per heavy atom. The Hall–Kier alpha value is -6.52. The van der Waals surface area contributed by atoms with Gasteiger partial charge in [-0.15, -0.1) is 21.9 Å². The summed E-state index contributed by atoms with van der Waals surface area (Å²) in [6.45, 7) is 0.762. The van der Waals surface area contributed by atoms with Crippen LogP contribution in [0.1, 0.15) is 5.56 Å². The van der Waals surface area contributed by atoms with Gasteiger partial charge in [-0.1, -0.05) is 60.1 Å². The second kappa shape index (κ2) is 18.2. The molecule has 0 saturated carbocycles. The van der Waals surface area contributed by atoms with Gasteiger partial charge >= 0.3 is 5.88 Å². The highest BCUT2D eigenvalue weighted by atomic mass is 35.5. The molecule has 6 aromatic carbocycles. The van der Waals surface area contributed by atoms with E-state index in [2.05, 4.69) is 34.9 Å². The summed E-state index contributed by atoms with van der Waals surface area (Å²) in [7, 11) is 0. The first-order valence-electron chi connectivity index (χ1n) is 17.5. The fourth-order valence-corrected chi connectivity index (χ4v) is 7.32. The van der Waals surface area contributed by atoms with Crippen molar-refractivity contribution in [1.82, 2.24) is 0 Å². The van der Waals surface area contributed by atoms with Crippen LogP contribution in [0.2, 0.25) is 0 Å². The number of nitrogens with zero attached hydrogens (tertiary/aromatic N) is 1. The van der Waals surface area contributed by atoms with Gasteiger partial charge in [0.05, 0.1) is 5.39 Å². The SMILES string of the molecule is ClCOc1c2ccccc2cc[n+]1Cc1ccccc1.Fc1c(F)c(F)c([B-](c2c(F)c(F)c(F)c(F)c2F)(c2c(F)c(F)c(F)c(F)c2F)c2c(F)c(F)c(F)c(F)c2F)c(F)c1F.